The third kappa shape index (κ3) is 2.74. The first-order chi connectivity index (χ1) is 7.47. The predicted octanol–water partition coefficient (Wildman–Crippen LogP) is 1.16. The van der Waals surface area contributed by atoms with Crippen LogP contribution in [0.5, 0.6) is 0 Å². The molecule has 92 valence electrons. The molecule has 0 aromatic carbocycles. The molecule has 1 aliphatic rings. The van der Waals surface area contributed by atoms with Crippen molar-refractivity contribution < 1.29 is 9.59 Å². The summed E-state index contributed by atoms with van der Waals surface area (Å²) in [7, 11) is 0. The Morgan fingerprint density at radius 3 is 2.56 bits per heavy atom. The van der Waals surface area contributed by atoms with Crippen molar-refractivity contribution in [2.75, 3.05) is 6.54 Å². The number of carbonyl (C=O) groups is 2. The first kappa shape index (κ1) is 13.0. The van der Waals surface area contributed by atoms with Crippen LogP contribution in [0.4, 0.5) is 0 Å². The standard InChI is InChI=1S/C12H22N2O2/c1-5-6-14-9(4)7-10(15)13-11(8(2)3)12(14)16/h8-9,11H,5-7H2,1-4H3,(H,13,15). The van der Waals surface area contributed by atoms with Gasteiger partial charge in [0.25, 0.3) is 0 Å². The Kier molecular flexibility index (Phi) is 4.33. The molecule has 1 N–H and O–H groups in total. The quantitative estimate of drug-likeness (QED) is 0.785. The van der Waals surface area contributed by atoms with Crippen molar-refractivity contribution in [1.82, 2.24) is 10.2 Å². The Morgan fingerprint density at radius 1 is 1.44 bits per heavy atom. The number of hydrogen-bond acceptors (Lipinski definition) is 2. The Balaban J connectivity index is 2.90. The maximum atomic E-state index is 12.2. The largest absolute Gasteiger partial charge is 0.344 e. The summed E-state index contributed by atoms with van der Waals surface area (Å²) in [4.78, 5) is 25.7. The lowest BCUT2D eigenvalue weighted by Crippen LogP contribution is -2.49. The van der Waals surface area contributed by atoms with E-state index in [9.17, 15) is 9.59 Å². The molecule has 0 bridgehead atoms. The molecule has 1 heterocycles. The van der Waals surface area contributed by atoms with Gasteiger partial charge in [-0.2, -0.15) is 0 Å². The first-order valence-electron chi connectivity index (χ1n) is 6.07. The molecular weight excluding hydrogens is 204 g/mol. The maximum absolute atomic E-state index is 12.2. The van der Waals surface area contributed by atoms with Crippen molar-refractivity contribution >= 4 is 11.8 Å². The third-order valence-corrected chi connectivity index (χ3v) is 3.01. The number of carbonyl (C=O) groups excluding carboxylic acids is 2. The van der Waals surface area contributed by atoms with Gasteiger partial charge in [-0.1, -0.05) is 20.8 Å². The molecule has 2 atom stereocenters. The van der Waals surface area contributed by atoms with Crippen LogP contribution in [0.25, 0.3) is 0 Å². The molecule has 1 aliphatic heterocycles. The van der Waals surface area contributed by atoms with Gasteiger partial charge in [0.1, 0.15) is 6.04 Å². The van der Waals surface area contributed by atoms with E-state index in [0.29, 0.717) is 6.42 Å². The van der Waals surface area contributed by atoms with Gasteiger partial charge in [-0.3, -0.25) is 9.59 Å². The summed E-state index contributed by atoms with van der Waals surface area (Å²) in [5, 5.41) is 2.82. The van der Waals surface area contributed by atoms with E-state index in [1.54, 1.807) is 0 Å². The molecule has 16 heavy (non-hydrogen) atoms. The van der Waals surface area contributed by atoms with E-state index < -0.39 is 0 Å². The minimum Gasteiger partial charge on any atom is -0.344 e. The maximum Gasteiger partial charge on any atom is 0.245 e. The van der Waals surface area contributed by atoms with E-state index in [2.05, 4.69) is 5.32 Å². The van der Waals surface area contributed by atoms with E-state index in [-0.39, 0.29) is 29.8 Å². The van der Waals surface area contributed by atoms with Gasteiger partial charge in [-0.15, -0.1) is 0 Å². The van der Waals surface area contributed by atoms with Crippen LogP contribution in [-0.4, -0.2) is 35.3 Å². The van der Waals surface area contributed by atoms with Crippen molar-refractivity contribution in [1.29, 1.82) is 0 Å². The van der Waals surface area contributed by atoms with E-state index in [1.807, 2.05) is 32.6 Å². The van der Waals surface area contributed by atoms with Crippen LogP contribution in [-0.2, 0) is 9.59 Å². The summed E-state index contributed by atoms with van der Waals surface area (Å²) in [6, 6.07) is -0.347. The van der Waals surface area contributed by atoms with Crippen LogP contribution < -0.4 is 5.32 Å². The van der Waals surface area contributed by atoms with Gasteiger partial charge in [-0.25, -0.2) is 0 Å². The Labute approximate surface area is 97.4 Å². The average molecular weight is 226 g/mol. The fourth-order valence-electron chi connectivity index (χ4n) is 2.09. The highest BCUT2D eigenvalue weighted by Gasteiger charge is 2.34. The van der Waals surface area contributed by atoms with Gasteiger partial charge in [0, 0.05) is 19.0 Å². The normalized spacial score (nSPS) is 26.9. The molecule has 0 radical (unpaired) electrons. The van der Waals surface area contributed by atoms with Crippen LogP contribution in [0.2, 0.25) is 0 Å². The zero-order chi connectivity index (χ0) is 12.3. The molecule has 0 spiro atoms. The van der Waals surface area contributed by atoms with Gasteiger partial charge in [0.2, 0.25) is 11.8 Å². The van der Waals surface area contributed by atoms with E-state index in [1.165, 1.54) is 0 Å². The molecule has 1 saturated heterocycles. The molecule has 2 amide bonds. The van der Waals surface area contributed by atoms with Crippen molar-refractivity contribution in [3.05, 3.63) is 0 Å². The van der Waals surface area contributed by atoms with Gasteiger partial charge in [0.15, 0.2) is 0 Å². The van der Waals surface area contributed by atoms with Crippen molar-refractivity contribution in [3.63, 3.8) is 0 Å². The van der Waals surface area contributed by atoms with Crippen LogP contribution in [0.15, 0.2) is 0 Å². The summed E-state index contributed by atoms with van der Waals surface area (Å²) < 4.78 is 0. The third-order valence-electron chi connectivity index (χ3n) is 3.01. The summed E-state index contributed by atoms with van der Waals surface area (Å²) in [6.45, 7) is 8.64. The van der Waals surface area contributed by atoms with Gasteiger partial charge >= 0.3 is 0 Å². The summed E-state index contributed by atoms with van der Waals surface area (Å²) >= 11 is 0. The summed E-state index contributed by atoms with van der Waals surface area (Å²) in [5.74, 6) is 0.189. The summed E-state index contributed by atoms with van der Waals surface area (Å²) in [5.41, 5.74) is 0. The Hall–Kier alpha value is -1.06. The number of nitrogens with one attached hydrogen (secondary N) is 1. The molecule has 2 unspecified atom stereocenters. The molecule has 1 fully saturated rings. The second-order valence-corrected chi connectivity index (χ2v) is 4.87. The van der Waals surface area contributed by atoms with Gasteiger partial charge < -0.3 is 10.2 Å². The fraction of sp³-hybridized carbons (Fsp3) is 0.833. The highest BCUT2D eigenvalue weighted by atomic mass is 16.2. The minimum atomic E-state index is -0.357. The molecule has 4 heteroatoms. The van der Waals surface area contributed by atoms with Gasteiger partial charge in [0.05, 0.1) is 0 Å². The number of rotatable bonds is 3. The van der Waals surface area contributed by atoms with Crippen molar-refractivity contribution in [2.24, 2.45) is 5.92 Å². The minimum absolute atomic E-state index is 0.0104. The zero-order valence-electron chi connectivity index (χ0n) is 10.6. The highest BCUT2D eigenvalue weighted by Crippen LogP contribution is 2.16. The molecule has 1 rings (SSSR count). The lowest BCUT2D eigenvalue weighted by atomic mass is 10.0. The van der Waals surface area contributed by atoms with Crippen LogP contribution in [0.3, 0.4) is 0 Å². The molecule has 0 aromatic rings. The molecule has 0 aromatic heterocycles. The first-order valence-corrected chi connectivity index (χ1v) is 6.07. The number of nitrogens with zero attached hydrogens (tertiary/aromatic N) is 1. The zero-order valence-corrected chi connectivity index (χ0v) is 10.6. The van der Waals surface area contributed by atoms with Gasteiger partial charge in [-0.05, 0) is 19.3 Å². The Morgan fingerprint density at radius 2 is 2.06 bits per heavy atom. The van der Waals surface area contributed by atoms with E-state index in [0.717, 1.165) is 13.0 Å². The lowest BCUT2D eigenvalue weighted by molar-refractivity contribution is -0.136. The lowest BCUT2D eigenvalue weighted by Gasteiger charge is -2.29. The summed E-state index contributed by atoms with van der Waals surface area (Å²) in [6.07, 6.45) is 1.34. The van der Waals surface area contributed by atoms with E-state index >= 15 is 0 Å². The van der Waals surface area contributed by atoms with Crippen molar-refractivity contribution in [2.45, 2.75) is 52.6 Å². The van der Waals surface area contributed by atoms with Crippen molar-refractivity contribution in [3.8, 4) is 0 Å². The SMILES string of the molecule is CCCN1C(=O)C(C(C)C)NC(=O)CC1C. The number of hydrogen-bond donors (Lipinski definition) is 1. The van der Waals surface area contributed by atoms with Crippen LogP contribution >= 0.6 is 0 Å². The monoisotopic (exact) mass is 226 g/mol. The predicted molar refractivity (Wildman–Crippen MR) is 62.9 cm³/mol. The second kappa shape index (κ2) is 5.32. The topological polar surface area (TPSA) is 49.4 Å². The molecular formula is C12H22N2O2. The number of amides is 2. The average Bonchev–Trinajstić information content (AvgIpc) is 2.29. The molecule has 0 aliphatic carbocycles. The molecule has 4 nitrogen and oxygen atoms in total. The highest BCUT2D eigenvalue weighted by molar-refractivity contribution is 5.90. The van der Waals surface area contributed by atoms with Crippen LogP contribution in [0.1, 0.15) is 40.5 Å². The second-order valence-electron chi connectivity index (χ2n) is 4.87. The fourth-order valence-corrected chi connectivity index (χ4v) is 2.09. The van der Waals surface area contributed by atoms with E-state index in [4.69, 9.17) is 0 Å². The van der Waals surface area contributed by atoms with Crippen LogP contribution in [0, 0.1) is 5.92 Å². The smallest absolute Gasteiger partial charge is 0.245 e. The molecule has 0 saturated carbocycles. The Bertz CT molecular complexity index is 276.